The molecule has 12 heavy (non-hydrogen) atoms. The van der Waals surface area contributed by atoms with E-state index in [-0.39, 0.29) is 20.3 Å². The van der Waals surface area contributed by atoms with Crippen LogP contribution in [0.3, 0.4) is 0 Å². The Labute approximate surface area is 93.8 Å². The van der Waals surface area contributed by atoms with Crippen LogP contribution in [0.1, 0.15) is 8.35 Å². The monoisotopic (exact) mass is 197 g/mol. The van der Waals surface area contributed by atoms with Gasteiger partial charge in [-0.3, -0.25) is 0 Å². The van der Waals surface area contributed by atoms with Crippen molar-refractivity contribution in [1.29, 1.82) is 0 Å². The molecule has 0 saturated heterocycles. The average Bonchev–Trinajstić information content (AvgIpc) is 1.56. The molecule has 0 aliphatic carbocycles. The van der Waals surface area contributed by atoms with E-state index in [1.54, 1.807) is 0 Å². The molecule has 0 rings (SSSR count). The van der Waals surface area contributed by atoms with Gasteiger partial charge in [-0.1, -0.05) is 46.2 Å². The normalized spacial score (nSPS) is 13.0. The van der Waals surface area contributed by atoms with Crippen molar-refractivity contribution in [3.05, 3.63) is 0 Å². The summed E-state index contributed by atoms with van der Waals surface area (Å²) in [7, 11) is -2.05. The topological polar surface area (TPSA) is 3.24 Å². The first-order chi connectivity index (χ1) is 4.69. The van der Waals surface area contributed by atoms with Crippen LogP contribution in [0.4, 0.5) is 0 Å². The molecule has 0 amide bonds. The van der Waals surface area contributed by atoms with Gasteiger partial charge in [-0.05, 0) is 6.54 Å². The first-order valence-electron chi connectivity index (χ1n) is 4.47. The Balaban J connectivity index is -0.000000500. The second-order valence-corrected chi connectivity index (χ2v) is 15.3. The minimum Gasteiger partial charge on any atom is -1.00 e. The van der Waals surface area contributed by atoms with Gasteiger partial charge in [0.25, 0.3) is 0 Å². The van der Waals surface area contributed by atoms with E-state index in [0.29, 0.717) is 0 Å². The molecule has 4 heteroatoms. The summed E-state index contributed by atoms with van der Waals surface area (Å²) in [6, 6.07) is 0. The molecule has 0 bridgehead atoms. The molecule has 0 aromatic carbocycles. The van der Waals surface area contributed by atoms with Gasteiger partial charge in [-0.2, -0.15) is 0 Å². The van der Waals surface area contributed by atoms with E-state index in [9.17, 15) is 0 Å². The van der Waals surface area contributed by atoms with Gasteiger partial charge in [0.15, 0.2) is 0 Å². The average molecular weight is 197 g/mol. The number of nitrogens with zero attached hydrogens (tertiary/aromatic N) is 1. The van der Waals surface area contributed by atoms with Gasteiger partial charge in [0, 0.05) is 0 Å². The quantitative estimate of drug-likeness (QED) is 0.580. The van der Waals surface area contributed by atoms with Crippen molar-refractivity contribution in [3.8, 4) is 0 Å². The summed E-state index contributed by atoms with van der Waals surface area (Å²) < 4.78 is 2.78. The van der Waals surface area contributed by atoms with E-state index in [2.05, 4.69) is 50.4 Å². The predicted octanol–water partition coefficient (Wildman–Crippen LogP) is 0.0946. The van der Waals surface area contributed by atoms with Gasteiger partial charge in [-0.15, -0.1) is 0 Å². The Morgan fingerprint density at radius 1 is 0.917 bits per heavy atom. The third kappa shape index (κ3) is 4.88. The molecular weight excluding hydrogens is 173 g/mol. The fraction of sp³-hybridized carbons (Fsp3) is 1.00. The predicted molar refractivity (Wildman–Crippen MR) is 60.2 cm³/mol. The maximum Gasteiger partial charge on any atom is 1.00 e. The zero-order chi connectivity index (χ0) is 9.28. The van der Waals surface area contributed by atoms with Crippen molar-refractivity contribution in [2.24, 2.45) is 0 Å². The number of hydrogen-bond acceptors (Lipinski definition) is 1. The summed E-state index contributed by atoms with van der Waals surface area (Å²) in [5.41, 5.74) is 0. The summed E-state index contributed by atoms with van der Waals surface area (Å²) in [6.07, 6.45) is 0. The largest absolute Gasteiger partial charge is 1.00 e. The van der Waals surface area contributed by atoms with E-state index < -0.39 is 16.5 Å². The second-order valence-electron chi connectivity index (χ2n) is 5.09. The third-order valence-corrected chi connectivity index (χ3v) is 9.83. The van der Waals surface area contributed by atoms with Crippen LogP contribution >= 0.6 is 0 Å². The molecule has 0 saturated carbocycles. The van der Waals surface area contributed by atoms with E-state index in [1.807, 2.05) is 0 Å². The van der Waals surface area contributed by atoms with E-state index in [0.717, 1.165) is 0 Å². The van der Waals surface area contributed by atoms with Crippen LogP contribution in [0.15, 0.2) is 0 Å². The third-order valence-electron chi connectivity index (χ3n) is 1.94. The van der Waals surface area contributed by atoms with Crippen molar-refractivity contribution in [2.75, 3.05) is 6.54 Å². The van der Waals surface area contributed by atoms with Gasteiger partial charge in [0.05, 0.1) is 0 Å². The Bertz CT molecular complexity index is 117. The molecule has 0 aromatic rings. The molecule has 0 aliphatic rings. The Kier molecular flexibility index (Phi) is 6.47. The molecule has 0 aliphatic heterocycles. The molecule has 1 nitrogen and oxygen atoms in total. The minimum atomic E-state index is -1.03. The molecule has 70 valence electrons. The maximum absolute atomic E-state index is 2.78. The van der Waals surface area contributed by atoms with Crippen LogP contribution in [-0.4, -0.2) is 27.2 Å². The smallest absolute Gasteiger partial charge is 1.00 e. The number of hydrogen-bond donors (Lipinski definition) is 0. The first kappa shape index (κ1) is 15.5. The standard InChI is InChI=1S/C8H23NSi2.Li.H/c1-8-9(10(2,3)4)11(5,6)7;;/h8H2,1-7H3;;/q;+1;-1. The second kappa shape index (κ2) is 5.02. The van der Waals surface area contributed by atoms with E-state index in [1.165, 1.54) is 6.54 Å². The van der Waals surface area contributed by atoms with E-state index >= 15 is 0 Å². The van der Waals surface area contributed by atoms with Crippen molar-refractivity contribution in [3.63, 3.8) is 0 Å². The molecule has 0 unspecified atom stereocenters. The van der Waals surface area contributed by atoms with Gasteiger partial charge in [0.2, 0.25) is 0 Å². The molecule has 0 spiro atoms. The Hall–Kier alpha value is 0.991. The fourth-order valence-corrected chi connectivity index (χ4v) is 11.9. The van der Waals surface area contributed by atoms with Gasteiger partial charge in [0.1, 0.15) is 16.5 Å². The Morgan fingerprint density at radius 3 is 1.17 bits per heavy atom. The fourth-order valence-electron chi connectivity index (χ4n) is 1.95. The zero-order valence-electron chi connectivity index (χ0n) is 11.2. The zero-order valence-corrected chi connectivity index (χ0v) is 12.2. The van der Waals surface area contributed by atoms with Gasteiger partial charge < -0.3 is 5.66 Å². The van der Waals surface area contributed by atoms with E-state index in [4.69, 9.17) is 0 Å². The molecule has 0 heterocycles. The number of rotatable bonds is 3. The molecule has 0 radical (unpaired) electrons. The van der Waals surface area contributed by atoms with Crippen LogP contribution in [-0.2, 0) is 0 Å². The summed E-state index contributed by atoms with van der Waals surface area (Å²) in [6.45, 7) is 18.2. The van der Waals surface area contributed by atoms with Crippen molar-refractivity contribution < 1.29 is 20.3 Å². The summed E-state index contributed by atoms with van der Waals surface area (Å²) in [4.78, 5) is 0. The molecule has 0 fully saturated rings. The van der Waals surface area contributed by atoms with Crippen LogP contribution in [0.5, 0.6) is 0 Å². The molecular formula is C8H24LiNSi2. The summed E-state index contributed by atoms with van der Waals surface area (Å²) in [5, 5.41) is 0. The molecule has 0 atom stereocenters. The van der Waals surface area contributed by atoms with Crippen LogP contribution < -0.4 is 18.9 Å². The maximum atomic E-state index is 2.78. The first-order valence-corrected chi connectivity index (χ1v) is 11.4. The summed E-state index contributed by atoms with van der Waals surface area (Å²) >= 11 is 0. The van der Waals surface area contributed by atoms with Gasteiger partial charge >= 0.3 is 18.9 Å². The van der Waals surface area contributed by atoms with Crippen molar-refractivity contribution in [1.82, 2.24) is 4.23 Å². The van der Waals surface area contributed by atoms with Crippen molar-refractivity contribution >= 4 is 16.5 Å². The Morgan fingerprint density at radius 2 is 1.17 bits per heavy atom. The van der Waals surface area contributed by atoms with Crippen LogP contribution in [0.25, 0.3) is 0 Å². The SMILES string of the molecule is CCN([Si](C)(C)C)[Si](C)(C)C.[H-].[Li+]. The van der Waals surface area contributed by atoms with Crippen LogP contribution in [0, 0.1) is 0 Å². The van der Waals surface area contributed by atoms with Crippen LogP contribution in [0.2, 0.25) is 39.3 Å². The van der Waals surface area contributed by atoms with Crippen molar-refractivity contribution in [2.45, 2.75) is 46.2 Å². The molecule has 0 N–H and O–H groups in total. The summed E-state index contributed by atoms with van der Waals surface area (Å²) in [5.74, 6) is 0. The minimum absolute atomic E-state index is 0. The molecule has 0 aromatic heterocycles. The van der Waals surface area contributed by atoms with Gasteiger partial charge in [-0.25, -0.2) is 0 Å².